The number of aromatic nitrogens is 4. The Labute approximate surface area is 581 Å². The number of primary amides is 1. The number of benzene rings is 3. The summed E-state index contributed by atoms with van der Waals surface area (Å²) in [5.74, 6) is -7.04. The van der Waals surface area contributed by atoms with Crippen LogP contribution < -0.4 is 48.7 Å². The number of carbonyl (C=O) groups excluding carboxylic acids is 11. The van der Waals surface area contributed by atoms with Gasteiger partial charge in [-0.1, -0.05) is 89.9 Å². The van der Waals surface area contributed by atoms with Crippen LogP contribution in [0.4, 0.5) is 0 Å². The standard InChI is InChI=1S/C71H79Cl2N15O11/c72-51-24-23-44(32-52(51)73)31-49(42-89)81-68(96)60-21-11-30-88(60)71(99)59(35-46-16-9-26-77-39-46)86-69(97)61-22-12-29-87(61)70(98)55(20-6-7-28-79-63(91)47-17-10-27-78-40-47)82-65(93)57(34-45-15-8-25-76-38-45)85-66(94)56(33-43-13-2-1-3-14-43)84-67(95)58(83-64(92)53(74)37-62(75)90)36-48-41-80-54-19-5-4-18-50(48)54/h1-5,8-10,13-19,23-27,32,38-42,49,53,55-61,80H,6-7,11-12,20-22,28-31,33-37,74H2,(H2,75,90)(H,79,91)(H,81,96)(H,82,93)(H,83,92)(H,84,95)(H,85,94)(H,86,97)/t49-,53+,55-,56+,57-,58-,59+,60+,61+/m1/s1. The number of amides is 10. The molecule has 0 unspecified atom stereocenters. The highest BCUT2D eigenvalue weighted by Crippen LogP contribution is 2.26. The molecule has 26 nitrogen and oxygen atoms in total. The summed E-state index contributed by atoms with van der Waals surface area (Å²) in [5.41, 5.74) is 15.5. The number of aldehydes is 1. The van der Waals surface area contributed by atoms with Crippen molar-refractivity contribution < 1.29 is 52.7 Å². The number of aromatic amines is 1. The minimum absolute atomic E-state index is 0.0238. The maximum absolute atomic E-state index is 15.4. The number of unbranched alkanes of at least 4 members (excludes halogenated alkanes) is 1. The van der Waals surface area contributed by atoms with Crippen molar-refractivity contribution in [3.8, 4) is 0 Å². The van der Waals surface area contributed by atoms with Gasteiger partial charge in [0.2, 0.25) is 53.2 Å². The number of likely N-dealkylation sites (tertiary alicyclic amines) is 2. The van der Waals surface area contributed by atoms with Crippen molar-refractivity contribution in [1.82, 2.24) is 67.0 Å². The molecule has 3 aromatic carbocycles. The Kier molecular flexibility index (Phi) is 26.3. The van der Waals surface area contributed by atoms with Crippen LogP contribution in [0.2, 0.25) is 10.0 Å². The fourth-order valence-electron chi connectivity index (χ4n) is 12.3. The van der Waals surface area contributed by atoms with E-state index >= 15 is 14.4 Å². The first-order chi connectivity index (χ1) is 47.8. The Morgan fingerprint density at radius 3 is 1.70 bits per heavy atom. The van der Waals surface area contributed by atoms with Crippen LogP contribution in [0.1, 0.15) is 89.5 Å². The summed E-state index contributed by atoms with van der Waals surface area (Å²) in [6.45, 7) is 0.390. The van der Waals surface area contributed by atoms with Crippen LogP contribution in [0.25, 0.3) is 10.9 Å². The zero-order valence-electron chi connectivity index (χ0n) is 54.2. The second-order valence-corrected chi connectivity index (χ2v) is 25.4. The lowest BCUT2D eigenvalue weighted by Gasteiger charge is -2.32. The summed E-state index contributed by atoms with van der Waals surface area (Å²) in [6, 6.07) is 19.4. The van der Waals surface area contributed by atoms with E-state index in [9.17, 15) is 38.4 Å². The van der Waals surface area contributed by atoms with Gasteiger partial charge in [0.1, 0.15) is 48.6 Å². The van der Waals surface area contributed by atoms with E-state index in [0.29, 0.717) is 64.0 Å². The molecule has 2 fully saturated rings. The lowest BCUT2D eigenvalue weighted by molar-refractivity contribution is -0.144. The van der Waals surface area contributed by atoms with E-state index in [1.807, 2.05) is 24.3 Å². The van der Waals surface area contributed by atoms with Crippen LogP contribution in [0.5, 0.6) is 0 Å². The van der Waals surface area contributed by atoms with Gasteiger partial charge in [-0.05, 0) is 122 Å². The average Bonchev–Trinajstić information content (AvgIpc) is 1.91. The van der Waals surface area contributed by atoms with Crippen LogP contribution >= 0.6 is 23.2 Å². The van der Waals surface area contributed by atoms with Crippen LogP contribution in [-0.4, -0.2) is 169 Å². The average molecular weight is 1390 g/mol. The fraction of sp³-hybridized carbons (Fsp3) is 0.352. The van der Waals surface area contributed by atoms with Crippen LogP contribution in [0.3, 0.4) is 0 Å². The Balaban J connectivity index is 0.962. The molecule has 518 valence electrons. The van der Waals surface area contributed by atoms with Crippen molar-refractivity contribution in [1.29, 1.82) is 0 Å². The molecule has 7 aromatic rings. The first kappa shape index (κ1) is 72.8. The number of fused-ring (bicyclic) bond motifs is 1. The van der Waals surface area contributed by atoms with Gasteiger partial charge in [0.15, 0.2) is 0 Å². The van der Waals surface area contributed by atoms with Gasteiger partial charge in [0, 0.05) is 99.6 Å². The van der Waals surface area contributed by atoms with Crippen LogP contribution in [0.15, 0.2) is 153 Å². The first-order valence-electron chi connectivity index (χ1n) is 32.7. The summed E-state index contributed by atoms with van der Waals surface area (Å²) >= 11 is 12.4. The minimum atomic E-state index is -1.46. The lowest BCUT2D eigenvalue weighted by Crippen LogP contribution is -2.61. The van der Waals surface area contributed by atoms with Crippen molar-refractivity contribution in [2.45, 2.75) is 138 Å². The molecule has 0 bridgehead atoms. The topological polar surface area (TPSA) is 385 Å². The normalized spacial score (nSPS) is 16.4. The van der Waals surface area contributed by atoms with Gasteiger partial charge in [-0.15, -0.1) is 0 Å². The third-order valence-electron chi connectivity index (χ3n) is 17.3. The molecule has 12 N–H and O–H groups in total. The summed E-state index contributed by atoms with van der Waals surface area (Å²) in [5, 5.41) is 21.1. The van der Waals surface area contributed by atoms with E-state index < -0.39 is 114 Å². The molecule has 0 saturated carbocycles. The quantitative estimate of drug-likeness (QED) is 0.0209. The molecule has 10 amide bonds. The second kappa shape index (κ2) is 35.7. The zero-order valence-corrected chi connectivity index (χ0v) is 55.7. The number of carbonyl (C=O) groups is 11. The predicted molar refractivity (Wildman–Crippen MR) is 368 cm³/mol. The van der Waals surface area contributed by atoms with Gasteiger partial charge in [-0.2, -0.15) is 0 Å². The summed E-state index contributed by atoms with van der Waals surface area (Å²) in [4.78, 5) is 174. The highest BCUT2D eigenvalue weighted by molar-refractivity contribution is 6.42. The molecule has 0 radical (unpaired) electrons. The van der Waals surface area contributed by atoms with Crippen molar-refractivity contribution in [2.75, 3.05) is 19.6 Å². The van der Waals surface area contributed by atoms with Gasteiger partial charge in [-0.25, -0.2) is 0 Å². The monoisotopic (exact) mass is 1390 g/mol. The third kappa shape index (κ3) is 20.6. The van der Waals surface area contributed by atoms with E-state index in [0.717, 1.165) is 10.9 Å². The van der Waals surface area contributed by atoms with Crippen molar-refractivity contribution in [3.05, 3.63) is 196 Å². The molecule has 99 heavy (non-hydrogen) atoms. The molecule has 0 spiro atoms. The molecule has 0 aliphatic carbocycles. The van der Waals surface area contributed by atoms with Gasteiger partial charge < -0.3 is 68.3 Å². The van der Waals surface area contributed by atoms with Crippen LogP contribution in [0, 0.1) is 0 Å². The highest BCUT2D eigenvalue weighted by atomic mass is 35.5. The second-order valence-electron chi connectivity index (χ2n) is 24.5. The van der Waals surface area contributed by atoms with E-state index in [1.54, 1.807) is 104 Å². The van der Waals surface area contributed by atoms with Gasteiger partial charge in [0.25, 0.3) is 5.91 Å². The summed E-state index contributed by atoms with van der Waals surface area (Å²) in [6.07, 6.45) is 12.3. The van der Waals surface area contributed by atoms with E-state index in [1.165, 1.54) is 34.6 Å². The lowest BCUT2D eigenvalue weighted by atomic mass is 10.0. The molecule has 9 atom stereocenters. The van der Waals surface area contributed by atoms with E-state index in [2.05, 4.69) is 57.2 Å². The SMILES string of the molecule is NC(=O)C[C@H](N)C(=O)N[C@H](Cc1c[nH]c2ccccc12)C(=O)N[C@@H](Cc1ccccc1)C(=O)N[C@H](Cc1cccnc1)C(=O)N[C@H](CCCCNC(=O)c1cccnc1)C(=O)N1CCC[C@H]1C(=O)N[C@@H](Cc1cccnc1)C(=O)N1CCC[C@H]1C(=O)N[C@@H](C=O)Cc1ccc(Cl)c(Cl)c1. The zero-order chi connectivity index (χ0) is 70.4. The van der Waals surface area contributed by atoms with E-state index in [4.69, 9.17) is 34.7 Å². The van der Waals surface area contributed by atoms with Gasteiger partial charge in [0.05, 0.1) is 34.1 Å². The van der Waals surface area contributed by atoms with Gasteiger partial charge in [-0.3, -0.25) is 62.9 Å². The minimum Gasteiger partial charge on any atom is -0.370 e. The predicted octanol–water partition coefficient (Wildman–Crippen LogP) is 3.07. The fourth-order valence-corrected chi connectivity index (χ4v) is 12.6. The molecule has 2 saturated heterocycles. The van der Waals surface area contributed by atoms with Crippen molar-refractivity contribution >= 4 is 99.5 Å². The smallest absolute Gasteiger partial charge is 0.252 e. The number of halogens is 2. The number of nitrogens with two attached hydrogens (primary N) is 2. The number of rotatable bonds is 33. The Morgan fingerprint density at radius 2 is 1.10 bits per heavy atom. The number of para-hydroxylation sites is 1. The maximum atomic E-state index is 15.4. The molecule has 4 aromatic heterocycles. The molecule has 9 rings (SSSR count). The Morgan fingerprint density at radius 1 is 0.556 bits per heavy atom. The first-order valence-corrected chi connectivity index (χ1v) is 33.5. The summed E-state index contributed by atoms with van der Waals surface area (Å²) in [7, 11) is 0. The number of nitrogens with one attached hydrogen (secondary N) is 8. The maximum Gasteiger partial charge on any atom is 0.252 e. The van der Waals surface area contributed by atoms with Crippen LogP contribution in [-0.2, 0) is 80.0 Å². The molecule has 2 aliphatic heterocycles. The summed E-state index contributed by atoms with van der Waals surface area (Å²) < 4.78 is 0. The number of nitrogens with zero attached hydrogens (tertiary/aromatic N) is 5. The number of pyridine rings is 3. The molecule has 2 aliphatic rings. The van der Waals surface area contributed by atoms with Gasteiger partial charge >= 0.3 is 0 Å². The van der Waals surface area contributed by atoms with Crippen molar-refractivity contribution in [2.24, 2.45) is 11.5 Å². The molecule has 6 heterocycles. The molecular formula is C71H79Cl2N15O11. The Bertz CT molecular complexity index is 3990. The number of hydrogen-bond acceptors (Lipinski definition) is 15. The largest absolute Gasteiger partial charge is 0.370 e. The molecule has 28 heteroatoms. The van der Waals surface area contributed by atoms with E-state index in [-0.39, 0.29) is 88.4 Å². The Hall–Kier alpha value is -10.4. The third-order valence-corrected chi connectivity index (χ3v) is 18.1. The highest BCUT2D eigenvalue weighted by Gasteiger charge is 2.43. The van der Waals surface area contributed by atoms with Crippen molar-refractivity contribution in [3.63, 3.8) is 0 Å². The number of H-pyrrole nitrogens is 1. The molecular weight excluding hydrogens is 1310 g/mol. The number of hydrogen-bond donors (Lipinski definition) is 10.